The Morgan fingerprint density at radius 3 is 3.06 bits per heavy atom. The summed E-state index contributed by atoms with van der Waals surface area (Å²) in [7, 11) is 0. The summed E-state index contributed by atoms with van der Waals surface area (Å²) in [6.45, 7) is 2.57. The van der Waals surface area contributed by atoms with Gasteiger partial charge in [-0.1, -0.05) is 13.3 Å². The maximum Gasteiger partial charge on any atom is 0.338 e. The summed E-state index contributed by atoms with van der Waals surface area (Å²) in [5.74, 6) is -0.239. The Hall–Kier alpha value is -1.77. The lowest BCUT2D eigenvalue weighted by Crippen LogP contribution is -2.06. The second kappa shape index (κ2) is 4.84. The van der Waals surface area contributed by atoms with Crippen LogP contribution in [0.1, 0.15) is 30.1 Å². The van der Waals surface area contributed by atoms with Gasteiger partial charge < -0.3 is 9.14 Å². The number of rotatable bonds is 4. The lowest BCUT2D eigenvalue weighted by atomic mass is 10.2. The molecule has 16 heavy (non-hydrogen) atoms. The van der Waals surface area contributed by atoms with Crippen molar-refractivity contribution in [2.24, 2.45) is 0 Å². The van der Waals surface area contributed by atoms with Crippen molar-refractivity contribution in [1.82, 2.24) is 4.40 Å². The molecule has 0 fully saturated rings. The third kappa shape index (κ3) is 2.24. The average molecular weight is 217 g/mol. The number of pyridine rings is 1. The summed E-state index contributed by atoms with van der Waals surface area (Å²) in [6, 6.07) is 7.53. The van der Waals surface area contributed by atoms with Crippen molar-refractivity contribution < 1.29 is 9.53 Å². The second-order valence-electron chi connectivity index (χ2n) is 3.75. The molecule has 0 spiro atoms. The number of hydrogen-bond acceptors (Lipinski definition) is 2. The predicted octanol–water partition coefficient (Wildman–Crippen LogP) is 2.90. The van der Waals surface area contributed by atoms with Gasteiger partial charge in [0, 0.05) is 17.9 Å². The fourth-order valence-corrected chi connectivity index (χ4v) is 1.55. The van der Waals surface area contributed by atoms with Crippen molar-refractivity contribution in [1.29, 1.82) is 0 Å². The molecule has 0 aliphatic carbocycles. The van der Waals surface area contributed by atoms with E-state index in [9.17, 15) is 4.79 Å². The second-order valence-corrected chi connectivity index (χ2v) is 3.75. The molecule has 0 radical (unpaired) electrons. The van der Waals surface area contributed by atoms with Crippen LogP contribution in [0.25, 0.3) is 5.52 Å². The zero-order valence-corrected chi connectivity index (χ0v) is 9.35. The van der Waals surface area contributed by atoms with E-state index >= 15 is 0 Å². The van der Waals surface area contributed by atoms with E-state index in [0.29, 0.717) is 12.2 Å². The van der Waals surface area contributed by atoms with Crippen molar-refractivity contribution >= 4 is 11.5 Å². The molecule has 0 aliphatic rings. The highest BCUT2D eigenvalue weighted by Crippen LogP contribution is 2.09. The van der Waals surface area contributed by atoms with E-state index in [2.05, 4.69) is 6.92 Å². The summed E-state index contributed by atoms with van der Waals surface area (Å²) in [4.78, 5) is 11.7. The van der Waals surface area contributed by atoms with E-state index in [4.69, 9.17) is 4.74 Å². The Labute approximate surface area is 94.6 Å². The van der Waals surface area contributed by atoms with Gasteiger partial charge in [0.05, 0.1) is 12.2 Å². The fraction of sp³-hybridized carbons (Fsp3) is 0.308. The van der Waals surface area contributed by atoms with Crippen LogP contribution < -0.4 is 0 Å². The quantitative estimate of drug-likeness (QED) is 0.582. The highest BCUT2D eigenvalue weighted by molar-refractivity contribution is 5.90. The van der Waals surface area contributed by atoms with E-state index in [1.54, 1.807) is 6.07 Å². The first-order valence-electron chi connectivity index (χ1n) is 5.55. The number of unbranched alkanes of at least 4 members (excludes halogenated alkanes) is 1. The molecular weight excluding hydrogens is 202 g/mol. The number of ether oxygens (including phenoxy) is 1. The van der Waals surface area contributed by atoms with E-state index in [-0.39, 0.29) is 5.97 Å². The number of aromatic nitrogens is 1. The Morgan fingerprint density at radius 1 is 1.38 bits per heavy atom. The molecule has 2 rings (SSSR count). The third-order valence-electron chi connectivity index (χ3n) is 2.50. The molecule has 2 aromatic rings. The highest BCUT2D eigenvalue weighted by atomic mass is 16.5. The van der Waals surface area contributed by atoms with Gasteiger partial charge in [0.25, 0.3) is 0 Å². The molecule has 0 N–H and O–H groups in total. The van der Waals surface area contributed by atoms with Crippen molar-refractivity contribution in [3.05, 3.63) is 42.2 Å². The van der Waals surface area contributed by atoms with Gasteiger partial charge in [0.2, 0.25) is 0 Å². The average Bonchev–Trinajstić information content (AvgIpc) is 2.76. The molecule has 0 bridgehead atoms. The number of carbonyl (C=O) groups is 1. The summed E-state index contributed by atoms with van der Waals surface area (Å²) in [6.07, 6.45) is 5.76. The van der Waals surface area contributed by atoms with Crippen LogP contribution in [0.3, 0.4) is 0 Å². The Kier molecular flexibility index (Phi) is 3.25. The molecule has 0 saturated heterocycles. The third-order valence-corrected chi connectivity index (χ3v) is 2.50. The molecule has 0 saturated carbocycles. The maximum atomic E-state index is 11.7. The van der Waals surface area contributed by atoms with Crippen LogP contribution in [0.2, 0.25) is 0 Å². The van der Waals surface area contributed by atoms with Gasteiger partial charge in [-0.05, 0) is 30.7 Å². The van der Waals surface area contributed by atoms with Crippen molar-refractivity contribution in [3.8, 4) is 0 Å². The number of esters is 1. The van der Waals surface area contributed by atoms with E-state index in [1.165, 1.54) is 0 Å². The monoisotopic (exact) mass is 217 g/mol. The van der Waals surface area contributed by atoms with Crippen molar-refractivity contribution in [3.63, 3.8) is 0 Å². The van der Waals surface area contributed by atoms with E-state index in [0.717, 1.165) is 18.4 Å². The van der Waals surface area contributed by atoms with Crippen LogP contribution >= 0.6 is 0 Å². The summed E-state index contributed by atoms with van der Waals surface area (Å²) in [5.41, 5.74) is 1.62. The highest BCUT2D eigenvalue weighted by Gasteiger charge is 2.07. The van der Waals surface area contributed by atoms with E-state index < -0.39 is 0 Å². The van der Waals surface area contributed by atoms with Crippen LogP contribution in [0.4, 0.5) is 0 Å². The smallest absolute Gasteiger partial charge is 0.338 e. The van der Waals surface area contributed by atoms with Gasteiger partial charge in [-0.15, -0.1) is 0 Å². The molecule has 2 aromatic heterocycles. The topological polar surface area (TPSA) is 30.7 Å². The first kappa shape index (κ1) is 10.7. The zero-order chi connectivity index (χ0) is 11.4. The summed E-state index contributed by atoms with van der Waals surface area (Å²) < 4.78 is 7.11. The van der Waals surface area contributed by atoms with Crippen LogP contribution in [0.5, 0.6) is 0 Å². The standard InChI is InChI=1S/C13H15NO2/c1-2-3-9-16-13(15)11-6-8-14-7-4-5-12(14)10-11/h4-8,10H,2-3,9H2,1H3. The van der Waals surface area contributed by atoms with Crippen LogP contribution in [-0.4, -0.2) is 17.0 Å². The van der Waals surface area contributed by atoms with Gasteiger partial charge in [0.15, 0.2) is 0 Å². The van der Waals surface area contributed by atoms with Gasteiger partial charge in [0.1, 0.15) is 0 Å². The van der Waals surface area contributed by atoms with Gasteiger partial charge in [-0.25, -0.2) is 4.79 Å². The number of carbonyl (C=O) groups excluding carboxylic acids is 1. The summed E-state index contributed by atoms with van der Waals surface area (Å²) in [5, 5.41) is 0. The summed E-state index contributed by atoms with van der Waals surface area (Å²) >= 11 is 0. The van der Waals surface area contributed by atoms with Crippen molar-refractivity contribution in [2.75, 3.05) is 6.61 Å². The Balaban J connectivity index is 2.10. The predicted molar refractivity (Wildman–Crippen MR) is 62.6 cm³/mol. The van der Waals surface area contributed by atoms with E-state index in [1.807, 2.05) is 35.0 Å². The number of nitrogens with zero attached hydrogens (tertiary/aromatic N) is 1. The van der Waals surface area contributed by atoms with Gasteiger partial charge >= 0.3 is 5.97 Å². The molecule has 0 aliphatic heterocycles. The molecule has 0 atom stereocenters. The Bertz CT molecular complexity index is 487. The lowest BCUT2D eigenvalue weighted by molar-refractivity contribution is 0.0500. The largest absolute Gasteiger partial charge is 0.462 e. The minimum atomic E-state index is -0.239. The minimum Gasteiger partial charge on any atom is -0.462 e. The van der Waals surface area contributed by atoms with Gasteiger partial charge in [-0.2, -0.15) is 0 Å². The number of fused-ring (bicyclic) bond motifs is 1. The van der Waals surface area contributed by atoms with Crippen LogP contribution in [0.15, 0.2) is 36.7 Å². The van der Waals surface area contributed by atoms with Gasteiger partial charge in [-0.3, -0.25) is 0 Å². The molecule has 3 heteroatoms. The maximum absolute atomic E-state index is 11.7. The van der Waals surface area contributed by atoms with Crippen LogP contribution in [0, 0.1) is 0 Å². The first-order chi connectivity index (χ1) is 7.81. The lowest BCUT2D eigenvalue weighted by Gasteiger charge is -2.04. The molecular formula is C13H15NO2. The fourth-order valence-electron chi connectivity index (χ4n) is 1.55. The molecule has 84 valence electrons. The Morgan fingerprint density at radius 2 is 2.25 bits per heavy atom. The minimum absolute atomic E-state index is 0.239. The SMILES string of the molecule is CCCCOC(=O)c1ccn2cccc2c1. The molecule has 2 heterocycles. The molecule has 0 unspecified atom stereocenters. The molecule has 3 nitrogen and oxygen atoms in total. The number of hydrogen-bond donors (Lipinski definition) is 0. The van der Waals surface area contributed by atoms with Crippen LogP contribution in [-0.2, 0) is 4.74 Å². The normalized spacial score (nSPS) is 10.6. The molecule has 0 aromatic carbocycles. The first-order valence-corrected chi connectivity index (χ1v) is 5.55. The van der Waals surface area contributed by atoms with Crippen molar-refractivity contribution in [2.45, 2.75) is 19.8 Å². The molecule has 0 amide bonds. The zero-order valence-electron chi connectivity index (χ0n) is 9.35.